The molecule has 1 N–H and O–H groups in total. The van der Waals surface area contributed by atoms with Gasteiger partial charge in [-0.05, 0) is 36.8 Å². The Morgan fingerprint density at radius 2 is 2.12 bits per heavy atom. The van der Waals surface area contributed by atoms with E-state index in [1.807, 2.05) is 42.6 Å². The van der Waals surface area contributed by atoms with Gasteiger partial charge >= 0.3 is 0 Å². The molecule has 11 heteroatoms. The molecule has 9 nitrogen and oxygen atoms in total. The van der Waals surface area contributed by atoms with Crippen LogP contribution in [-0.4, -0.2) is 45.1 Å². The second-order valence-corrected chi connectivity index (χ2v) is 9.03. The van der Waals surface area contributed by atoms with Gasteiger partial charge in [0, 0.05) is 17.1 Å². The fourth-order valence-electron chi connectivity index (χ4n) is 3.30. The number of amides is 2. The van der Waals surface area contributed by atoms with Crippen molar-refractivity contribution in [2.45, 2.75) is 13.3 Å². The fourth-order valence-corrected chi connectivity index (χ4v) is 4.80. The molecule has 0 saturated carbocycles. The second-order valence-electron chi connectivity index (χ2n) is 7.11. The molecule has 4 aromatic rings. The maximum absolute atomic E-state index is 12.6. The summed E-state index contributed by atoms with van der Waals surface area (Å²) in [6, 6.07) is 11.2. The molecule has 0 radical (unpaired) electrons. The highest BCUT2D eigenvalue weighted by atomic mass is 32.1. The zero-order valence-corrected chi connectivity index (χ0v) is 19.2. The maximum Gasteiger partial charge on any atom is 0.265 e. The quantitative estimate of drug-likeness (QED) is 0.450. The normalized spacial score (nSPS) is 12.9. The molecule has 1 aliphatic rings. The topological polar surface area (TPSA) is 110 Å². The largest absolute Gasteiger partial charge is 0.482 e. The van der Waals surface area contributed by atoms with E-state index in [2.05, 4.69) is 25.5 Å². The predicted molar refractivity (Wildman–Crippen MR) is 127 cm³/mol. The lowest BCUT2D eigenvalue weighted by Crippen LogP contribution is -2.43. The zero-order chi connectivity index (χ0) is 22.8. The Hall–Kier alpha value is -3.70. The number of carbonyl (C=O) groups is 2. The van der Waals surface area contributed by atoms with Gasteiger partial charge in [-0.1, -0.05) is 24.3 Å². The number of benzene rings is 1. The summed E-state index contributed by atoms with van der Waals surface area (Å²) in [6.07, 6.45) is 2.47. The minimum atomic E-state index is -0.355. The summed E-state index contributed by atoms with van der Waals surface area (Å²) in [7, 11) is 0. The van der Waals surface area contributed by atoms with Gasteiger partial charge < -0.3 is 4.74 Å². The smallest absolute Gasteiger partial charge is 0.265 e. The molecule has 0 atom stereocenters. The first-order chi connectivity index (χ1) is 16.1. The van der Waals surface area contributed by atoms with Gasteiger partial charge in [-0.3, -0.25) is 24.8 Å². The van der Waals surface area contributed by atoms with Crippen molar-refractivity contribution in [2.24, 2.45) is 0 Å². The second kappa shape index (κ2) is 9.04. The van der Waals surface area contributed by atoms with Gasteiger partial charge in [0.1, 0.15) is 22.3 Å². The summed E-state index contributed by atoms with van der Waals surface area (Å²) in [5.41, 5.74) is 2.89. The number of thiazole rings is 1. The van der Waals surface area contributed by atoms with E-state index in [1.165, 1.54) is 27.6 Å². The number of anilines is 2. The lowest BCUT2D eigenvalue weighted by molar-refractivity contribution is -0.123. The van der Waals surface area contributed by atoms with E-state index in [9.17, 15) is 9.59 Å². The van der Waals surface area contributed by atoms with Crippen LogP contribution in [0.15, 0.2) is 48.0 Å². The van der Waals surface area contributed by atoms with Crippen LogP contribution < -0.4 is 15.0 Å². The summed E-state index contributed by atoms with van der Waals surface area (Å²) in [6.45, 7) is 1.68. The van der Waals surface area contributed by atoms with Gasteiger partial charge in [0.05, 0.1) is 17.1 Å². The molecule has 0 bridgehead atoms. The molecule has 0 unspecified atom stereocenters. The van der Waals surface area contributed by atoms with E-state index in [0.29, 0.717) is 16.6 Å². The number of ether oxygens (including phenoxy) is 1. The Balaban J connectivity index is 1.39. The number of nitrogens with zero attached hydrogens (tertiary/aromatic N) is 5. The first-order valence-corrected chi connectivity index (χ1v) is 11.9. The van der Waals surface area contributed by atoms with Crippen molar-refractivity contribution in [2.75, 3.05) is 23.4 Å². The summed E-state index contributed by atoms with van der Waals surface area (Å²) in [5.74, 6) is -0.115. The van der Waals surface area contributed by atoms with Crippen molar-refractivity contribution in [1.29, 1.82) is 0 Å². The van der Waals surface area contributed by atoms with Gasteiger partial charge in [-0.25, -0.2) is 4.98 Å². The molecule has 2 amide bonds. The van der Waals surface area contributed by atoms with Crippen molar-refractivity contribution in [3.05, 3.63) is 53.0 Å². The Morgan fingerprint density at radius 3 is 2.91 bits per heavy atom. The number of aromatic nitrogens is 4. The lowest BCUT2D eigenvalue weighted by atomic mass is 10.1. The van der Waals surface area contributed by atoms with E-state index in [1.54, 1.807) is 12.3 Å². The highest BCUT2D eigenvalue weighted by molar-refractivity contribution is 7.15. The molecule has 1 aromatic carbocycles. The van der Waals surface area contributed by atoms with Crippen LogP contribution in [0.2, 0.25) is 0 Å². The molecule has 166 valence electrons. The molecule has 0 aliphatic carbocycles. The predicted octanol–water partition coefficient (Wildman–Crippen LogP) is 3.65. The van der Waals surface area contributed by atoms with Crippen LogP contribution >= 0.6 is 22.7 Å². The summed E-state index contributed by atoms with van der Waals surface area (Å²) in [5, 5.41) is 14.7. The summed E-state index contributed by atoms with van der Waals surface area (Å²) < 4.78 is 5.58. The summed E-state index contributed by atoms with van der Waals surface area (Å²) >= 11 is 2.81. The number of hydrogen-bond acceptors (Lipinski definition) is 9. The third kappa shape index (κ3) is 4.45. The Kier molecular flexibility index (Phi) is 5.80. The molecule has 0 fully saturated rings. The van der Waals surface area contributed by atoms with Gasteiger partial charge in [0.2, 0.25) is 11.0 Å². The van der Waals surface area contributed by atoms with Crippen LogP contribution in [-0.2, 0) is 16.0 Å². The minimum absolute atomic E-state index is 0.126. The van der Waals surface area contributed by atoms with Crippen LogP contribution in [0.25, 0.3) is 22.0 Å². The highest BCUT2D eigenvalue weighted by Gasteiger charge is 2.28. The molecular weight excluding hydrogens is 460 g/mol. The average molecular weight is 479 g/mol. The number of aryl methyl sites for hydroxylation is 1. The lowest BCUT2D eigenvalue weighted by Gasteiger charge is -2.29. The standard InChI is InChI=1S/C22H18N6O3S2/c1-2-19-26-27-22(33-19)25-18(29)10-28-16-9-13(6-7-17(16)31-11-20(28)30)15-12-32-21(24-15)14-5-3-4-8-23-14/h3-9,12H,2,10-11H2,1H3,(H,25,27,29). The molecule has 3 aromatic heterocycles. The van der Waals surface area contributed by atoms with Gasteiger partial charge in [0.25, 0.3) is 5.91 Å². The Labute approximate surface area is 197 Å². The molecule has 0 spiro atoms. The van der Waals surface area contributed by atoms with Gasteiger partial charge in [0.15, 0.2) is 6.61 Å². The van der Waals surface area contributed by atoms with E-state index in [-0.39, 0.29) is 25.0 Å². The van der Waals surface area contributed by atoms with Gasteiger partial charge in [-0.2, -0.15) is 0 Å². The van der Waals surface area contributed by atoms with E-state index in [0.717, 1.165) is 33.4 Å². The third-order valence-corrected chi connectivity index (χ3v) is 6.75. The van der Waals surface area contributed by atoms with Crippen LogP contribution in [0.1, 0.15) is 11.9 Å². The molecule has 5 rings (SSSR count). The van der Waals surface area contributed by atoms with Crippen molar-refractivity contribution >= 4 is 45.3 Å². The zero-order valence-electron chi connectivity index (χ0n) is 17.5. The maximum atomic E-state index is 12.6. The van der Waals surface area contributed by atoms with Crippen LogP contribution in [0.3, 0.4) is 0 Å². The van der Waals surface area contributed by atoms with Crippen LogP contribution in [0, 0.1) is 0 Å². The van der Waals surface area contributed by atoms with Gasteiger partial charge in [-0.15, -0.1) is 21.5 Å². The van der Waals surface area contributed by atoms with Crippen LogP contribution in [0.5, 0.6) is 5.75 Å². The van der Waals surface area contributed by atoms with E-state index >= 15 is 0 Å². The average Bonchev–Trinajstić information content (AvgIpc) is 3.51. The molecule has 1 aliphatic heterocycles. The highest BCUT2D eigenvalue weighted by Crippen LogP contribution is 2.37. The minimum Gasteiger partial charge on any atom is -0.482 e. The first-order valence-electron chi connectivity index (χ1n) is 10.2. The molecule has 0 saturated heterocycles. The monoisotopic (exact) mass is 478 g/mol. The molecule has 4 heterocycles. The van der Waals surface area contributed by atoms with Crippen LogP contribution in [0.4, 0.5) is 10.8 Å². The van der Waals surface area contributed by atoms with Crippen molar-refractivity contribution in [3.8, 4) is 27.7 Å². The van der Waals surface area contributed by atoms with Crippen molar-refractivity contribution in [3.63, 3.8) is 0 Å². The SMILES string of the molecule is CCc1nnc(NC(=O)CN2C(=O)COc3ccc(-c4csc(-c5ccccn5)n4)cc32)s1. The van der Waals surface area contributed by atoms with Crippen molar-refractivity contribution in [1.82, 2.24) is 20.2 Å². The number of carbonyl (C=O) groups excluding carboxylic acids is 2. The fraction of sp³-hybridized carbons (Fsp3) is 0.182. The number of pyridine rings is 1. The van der Waals surface area contributed by atoms with E-state index < -0.39 is 0 Å². The molecule has 33 heavy (non-hydrogen) atoms. The summed E-state index contributed by atoms with van der Waals surface area (Å²) in [4.78, 5) is 35.7. The number of rotatable bonds is 6. The van der Waals surface area contributed by atoms with E-state index in [4.69, 9.17) is 4.74 Å². The van der Waals surface area contributed by atoms with Crippen molar-refractivity contribution < 1.29 is 14.3 Å². The molecular formula is C22H18N6O3S2. The Bertz CT molecular complexity index is 1320. The number of hydrogen-bond donors (Lipinski definition) is 1. The number of fused-ring (bicyclic) bond motifs is 1. The third-order valence-electron chi connectivity index (χ3n) is 4.90. The first kappa shape index (κ1) is 21.2. The number of nitrogens with one attached hydrogen (secondary N) is 1. The Morgan fingerprint density at radius 1 is 1.21 bits per heavy atom.